The van der Waals surface area contributed by atoms with Gasteiger partial charge in [-0.1, -0.05) is 12.1 Å². The zero-order valence-electron chi connectivity index (χ0n) is 16.3. The number of hydrogen-bond donors (Lipinski definition) is 1. The monoisotopic (exact) mass is 386 g/mol. The number of ether oxygens (including phenoxy) is 1. The smallest absolute Gasteiger partial charge is 0.287 e. The van der Waals surface area contributed by atoms with Crippen molar-refractivity contribution in [3.63, 3.8) is 0 Å². The van der Waals surface area contributed by atoms with Crippen LogP contribution >= 0.6 is 0 Å². The van der Waals surface area contributed by atoms with Crippen molar-refractivity contribution in [2.24, 2.45) is 11.8 Å². The average Bonchev–Trinajstić information content (AvgIpc) is 3.46. The highest BCUT2D eigenvalue weighted by Crippen LogP contribution is 2.54. The summed E-state index contributed by atoms with van der Waals surface area (Å²) in [4.78, 5) is 19.2. The third-order valence-corrected chi connectivity index (χ3v) is 6.60. The summed E-state index contributed by atoms with van der Waals surface area (Å²) in [6.07, 6.45) is 4.69. The molecule has 3 saturated heterocycles. The second-order valence-electron chi connectivity index (χ2n) is 8.30. The number of nitrogens with one attached hydrogen (secondary N) is 1. The zero-order chi connectivity index (χ0) is 19.3. The van der Waals surface area contributed by atoms with E-state index in [1.165, 1.54) is 0 Å². The van der Waals surface area contributed by atoms with Crippen LogP contribution < -0.4 is 5.32 Å². The van der Waals surface area contributed by atoms with Gasteiger partial charge < -0.3 is 19.0 Å². The number of aryl methyl sites for hydroxylation is 2. The Morgan fingerprint density at radius 2 is 2.36 bits per heavy atom. The highest BCUT2D eigenvalue weighted by atomic mass is 16.5. The van der Waals surface area contributed by atoms with E-state index in [1.807, 2.05) is 13.8 Å². The Labute approximate surface area is 163 Å². The van der Waals surface area contributed by atoms with Crippen LogP contribution in [0, 0.1) is 18.8 Å². The van der Waals surface area contributed by atoms with Gasteiger partial charge in [0.15, 0.2) is 11.6 Å². The first-order valence-electron chi connectivity index (χ1n) is 10.1. The fourth-order valence-electron chi connectivity index (χ4n) is 5.27. The lowest BCUT2D eigenvalue weighted by Crippen LogP contribution is -2.41. The Hall–Kier alpha value is -2.19. The van der Waals surface area contributed by atoms with Crippen LogP contribution in [-0.2, 0) is 17.7 Å². The quantitative estimate of drug-likeness (QED) is 0.811. The summed E-state index contributed by atoms with van der Waals surface area (Å²) < 4.78 is 17.0. The lowest BCUT2D eigenvalue weighted by atomic mass is 9.73. The minimum absolute atomic E-state index is 0.0853. The largest absolute Gasteiger partial charge is 0.459 e. The molecule has 1 spiro atoms. The molecule has 3 aliphatic heterocycles. The van der Waals surface area contributed by atoms with Gasteiger partial charge in [-0.25, -0.2) is 0 Å². The van der Waals surface area contributed by atoms with E-state index in [0.29, 0.717) is 36.6 Å². The van der Waals surface area contributed by atoms with Gasteiger partial charge in [-0.05, 0) is 25.8 Å². The lowest BCUT2D eigenvalue weighted by molar-refractivity contribution is 0.00189. The van der Waals surface area contributed by atoms with Crippen molar-refractivity contribution < 1.29 is 18.5 Å². The van der Waals surface area contributed by atoms with Crippen molar-refractivity contribution in [3.8, 4) is 0 Å². The van der Waals surface area contributed by atoms with Gasteiger partial charge in [0.2, 0.25) is 5.89 Å². The van der Waals surface area contributed by atoms with Crippen LogP contribution in [0.5, 0.6) is 0 Å². The van der Waals surface area contributed by atoms with E-state index < -0.39 is 0 Å². The van der Waals surface area contributed by atoms with Gasteiger partial charge in [0.05, 0.1) is 24.5 Å². The lowest BCUT2D eigenvalue weighted by Gasteiger charge is -2.29. The van der Waals surface area contributed by atoms with Crippen molar-refractivity contribution in [1.29, 1.82) is 0 Å². The van der Waals surface area contributed by atoms with Crippen LogP contribution in [0.1, 0.15) is 47.6 Å². The molecule has 28 heavy (non-hydrogen) atoms. The summed E-state index contributed by atoms with van der Waals surface area (Å²) >= 11 is 0. The van der Waals surface area contributed by atoms with Crippen LogP contribution in [0.2, 0.25) is 0 Å². The second kappa shape index (κ2) is 6.70. The molecule has 0 saturated carbocycles. The molecule has 1 N–H and O–H groups in total. The van der Waals surface area contributed by atoms with Crippen molar-refractivity contribution >= 4 is 5.91 Å². The van der Waals surface area contributed by atoms with E-state index in [2.05, 4.69) is 20.4 Å². The van der Waals surface area contributed by atoms with Crippen LogP contribution in [0.25, 0.3) is 0 Å². The number of carbonyl (C=O) groups excluding carboxylic acids is 1. The van der Waals surface area contributed by atoms with Crippen molar-refractivity contribution in [3.05, 3.63) is 35.4 Å². The van der Waals surface area contributed by atoms with Gasteiger partial charge in [-0.3, -0.25) is 9.69 Å². The summed E-state index contributed by atoms with van der Waals surface area (Å²) in [6, 6.07) is 1.81. The highest BCUT2D eigenvalue weighted by molar-refractivity contribution is 5.92. The van der Waals surface area contributed by atoms with Gasteiger partial charge in [0.1, 0.15) is 0 Å². The number of aromatic nitrogens is 2. The van der Waals surface area contributed by atoms with Crippen LogP contribution in [0.3, 0.4) is 0 Å². The fourth-order valence-corrected chi connectivity index (χ4v) is 5.27. The Balaban J connectivity index is 1.24. The molecule has 3 aliphatic rings. The predicted octanol–water partition coefficient (Wildman–Crippen LogP) is 1.94. The highest BCUT2D eigenvalue weighted by Gasteiger charge is 2.62. The molecule has 4 atom stereocenters. The molecule has 0 radical (unpaired) electrons. The van der Waals surface area contributed by atoms with Gasteiger partial charge in [-0.2, -0.15) is 4.98 Å². The third kappa shape index (κ3) is 2.86. The minimum Gasteiger partial charge on any atom is -0.459 e. The molecule has 0 aromatic carbocycles. The summed E-state index contributed by atoms with van der Waals surface area (Å²) in [5.74, 6) is 2.42. The molecule has 150 valence electrons. The maximum atomic E-state index is 12.4. The molecule has 0 aliphatic carbocycles. The second-order valence-corrected chi connectivity index (χ2v) is 8.30. The van der Waals surface area contributed by atoms with Crippen molar-refractivity contribution in [1.82, 2.24) is 20.4 Å². The predicted molar refractivity (Wildman–Crippen MR) is 98.5 cm³/mol. The SMILES string of the molecule is CCc1nc(CN2C[C@@H]3[C@H](CNC(=O)c4occc4C)[C@H]4CC[C@]3(C2)O4)no1. The van der Waals surface area contributed by atoms with Gasteiger partial charge in [0, 0.05) is 43.5 Å². The first kappa shape index (κ1) is 17.9. The molecule has 2 bridgehead atoms. The molecular formula is C20H26N4O4. The Kier molecular flexibility index (Phi) is 4.28. The molecule has 0 unspecified atom stereocenters. The molecule has 1 amide bonds. The van der Waals surface area contributed by atoms with E-state index in [-0.39, 0.29) is 17.6 Å². The number of hydrogen-bond acceptors (Lipinski definition) is 7. The van der Waals surface area contributed by atoms with E-state index in [1.54, 1.807) is 12.3 Å². The Morgan fingerprint density at radius 3 is 3.11 bits per heavy atom. The molecule has 5 rings (SSSR count). The summed E-state index contributed by atoms with van der Waals surface area (Å²) in [7, 11) is 0. The zero-order valence-corrected chi connectivity index (χ0v) is 16.3. The first-order valence-corrected chi connectivity index (χ1v) is 10.1. The summed E-state index contributed by atoms with van der Waals surface area (Å²) in [6.45, 7) is 7.02. The van der Waals surface area contributed by atoms with Gasteiger partial charge in [-0.15, -0.1) is 0 Å². The number of rotatable bonds is 6. The molecule has 2 aromatic rings. The number of amides is 1. The van der Waals surface area contributed by atoms with Crippen LogP contribution in [-0.4, -0.2) is 52.3 Å². The van der Waals surface area contributed by atoms with Gasteiger partial charge in [0.25, 0.3) is 5.91 Å². The Morgan fingerprint density at radius 1 is 1.46 bits per heavy atom. The summed E-state index contributed by atoms with van der Waals surface area (Å²) in [5, 5.41) is 7.15. The van der Waals surface area contributed by atoms with Gasteiger partial charge >= 0.3 is 0 Å². The standard InChI is InChI=1S/C20H26N4O4/c1-3-17-22-16(23-28-17)10-24-9-14-13(15-4-6-20(14,11-24)27-15)8-21-19(25)18-12(2)5-7-26-18/h5,7,13-15H,3-4,6,8-11H2,1-2H3,(H,21,25)/t13-,14+,15+,20+/m0/s1. The normalized spacial score (nSPS) is 31.4. The fraction of sp³-hybridized carbons (Fsp3) is 0.650. The van der Waals surface area contributed by atoms with Crippen LogP contribution in [0.4, 0.5) is 0 Å². The van der Waals surface area contributed by atoms with Crippen molar-refractivity contribution in [2.45, 2.75) is 51.4 Å². The topological polar surface area (TPSA) is 93.6 Å². The molecule has 8 nitrogen and oxygen atoms in total. The molecular weight excluding hydrogens is 360 g/mol. The van der Waals surface area contributed by atoms with E-state index >= 15 is 0 Å². The first-order chi connectivity index (χ1) is 13.6. The third-order valence-electron chi connectivity index (χ3n) is 6.60. The number of carbonyl (C=O) groups is 1. The number of likely N-dealkylation sites (tertiary alicyclic amines) is 1. The Bertz CT molecular complexity index is 877. The van der Waals surface area contributed by atoms with E-state index in [9.17, 15) is 4.79 Å². The molecule has 8 heteroatoms. The maximum absolute atomic E-state index is 12.4. The van der Waals surface area contributed by atoms with Crippen molar-refractivity contribution in [2.75, 3.05) is 19.6 Å². The summed E-state index contributed by atoms with van der Waals surface area (Å²) in [5.41, 5.74) is 0.773. The molecule has 3 fully saturated rings. The minimum atomic E-state index is -0.145. The number of nitrogens with zero attached hydrogens (tertiary/aromatic N) is 3. The van der Waals surface area contributed by atoms with Crippen LogP contribution in [0.15, 0.2) is 21.3 Å². The number of furan rings is 1. The van der Waals surface area contributed by atoms with E-state index in [0.717, 1.165) is 43.7 Å². The van der Waals surface area contributed by atoms with E-state index in [4.69, 9.17) is 13.7 Å². The molecule has 2 aromatic heterocycles. The average molecular weight is 386 g/mol. The molecule has 5 heterocycles. The number of fused-ring (bicyclic) bond motifs is 1. The maximum Gasteiger partial charge on any atom is 0.287 e.